The summed E-state index contributed by atoms with van der Waals surface area (Å²) in [5, 5.41) is 10.1. The molecule has 0 saturated heterocycles. The summed E-state index contributed by atoms with van der Waals surface area (Å²) in [6, 6.07) is 4.09. The molecule has 19 heavy (non-hydrogen) atoms. The molecule has 0 amide bonds. The molecular weight excluding hydrogens is 236 g/mol. The first kappa shape index (κ1) is 12.2. The van der Waals surface area contributed by atoms with Crippen LogP contribution in [-0.2, 0) is 19.4 Å². The molecule has 4 nitrogen and oxygen atoms in total. The molecule has 0 saturated carbocycles. The lowest BCUT2D eigenvalue weighted by Gasteiger charge is -2.02. The number of nitrogens with zero attached hydrogens (tertiary/aromatic N) is 4. The predicted molar refractivity (Wildman–Crippen MR) is 74.7 cm³/mol. The fourth-order valence-corrected chi connectivity index (χ4v) is 2.67. The van der Waals surface area contributed by atoms with E-state index in [0.717, 1.165) is 31.2 Å². The van der Waals surface area contributed by atoms with Crippen LogP contribution in [-0.4, -0.2) is 14.5 Å². The van der Waals surface area contributed by atoms with Gasteiger partial charge < -0.3 is 4.57 Å². The highest BCUT2D eigenvalue weighted by atomic mass is 15.5. The van der Waals surface area contributed by atoms with Crippen LogP contribution >= 0.6 is 0 Å². The maximum Gasteiger partial charge on any atom is 0.0886 e. The minimum Gasteiger partial charge on any atom is -0.354 e. The molecule has 4 heteroatoms. The van der Waals surface area contributed by atoms with E-state index in [1.807, 2.05) is 12.1 Å². The largest absolute Gasteiger partial charge is 0.354 e. The zero-order valence-corrected chi connectivity index (χ0v) is 11.6. The van der Waals surface area contributed by atoms with Crippen molar-refractivity contribution in [3.05, 3.63) is 46.8 Å². The molecule has 2 aromatic heterocycles. The minimum absolute atomic E-state index is 0.955. The van der Waals surface area contributed by atoms with Crippen molar-refractivity contribution in [2.75, 3.05) is 0 Å². The summed E-state index contributed by atoms with van der Waals surface area (Å²) in [5.74, 6) is 0. The fraction of sp³-hybridized carbons (Fsp3) is 0.467. The van der Waals surface area contributed by atoms with Crippen LogP contribution in [0.15, 0.2) is 29.6 Å². The van der Waals surface area contributed by atoms with Gasteiger partial charge in [-0.15, -0.1) is 0 Å². The Kier molecular flexibility index (Phi) is 3.23. The molecule has 0 aromatic carbocycles. The molecule has 2 aromatic rings. The number of rotatable bonds is 3. The molecule has 0 bridgehead atoms. The van der Waals surface area contributed by atoms with Gasteiger partial charge in [0.2, 0.25) is 0 Å². The summed E-state index contributed by atoms with van der Waals surface area (Å²) in [6.45, 7) is 5.34. The number of aryl methyl sites for hydroxylation is 2. The highest BCUT2D eigenvalue weighted by Crippen LogP contribution is 2.23. The van der Waals surface area contributed by atoms with Crippen molar-refractivity contribution in [1.82, 2.24) is 14.5 Å². The topological polar surface area (TPSA) is 35.1 Å². The zero-order valence-electron chi connectivity index (χ0n) is 11.6. The quantitative estimate of drug-likeness (QED) is 0.829. The van der Waals surface area contributed by atoms with Gasteiger partial charge in [-0.2, -0.15) is 15.0 Å². The van der Waals surface area contributed by atoms with Gasteiger partial charge in [-0.1, -0.05) is 6.92 Å². The second kappa shape index (κ2) is 5.03. The van der Waals surface area contributed by atoms with E-state index in [1.165, 1.54) is 23.4 Å². The highest BCUT2D eigenvalue weighted by Gasteiger charge is 2.18. The third-order valence-corrected chi connectivity index (χ3v) is 3.71. The first-order valence-corrected chi connectivity index (χ1v) is 7.06. The van der Waals surface area contributed by atoms with E-state index in [4.69, 9.17) is 0 Å². The number of fused-ring (bicyclic) bond motifs is 1. The van der Waals surface area contributed by atoms with Crippen molar-refractivity contribution >= 4 is 0 Å². The van der Waals surface area contributed by atoms with Crippen LogP contribution in [0.3, 0.4) is 0 Å². The molecular formula is C15H20N4. The van der Waals surface area contributed by atoms with Gasteiger partial charge in [0.15, 0.2) is 0 Å². The smallest absolute Gasteiger partial charge is 0.0886 e. The van der Waals surface area contributed by atoms with E-state index in [1.54, 1.807) is 4.79 Å². The Morgan fingerprint density at radius 1 is 1.26 bits per heavy atom. The molecule has 0 fully saturated rings. The number of pyridine rings is 1. The van der Waals surface area contributed by atoms with Crippen LogP contribution in [0.25, 0.3) is 0 Å². The van der Waals surface area contributed by atoms with Crippen LogP contribution in [0, 0.1) is 6.92 Å². The summed E-state index contributed by atoms with van der Waals surface area (Å²) in [4.78, 5) is 1.79. The Balaban J connectivity index is 1.93. The molecule has 0 aliphatic heterocycles. The Bertz CT molecular complexity index is 628. The van der Waals surface area contributed by atoms with Crippen LogP contribution in [0.4, 0.5) is 0 Å². The third kappa shape index (κ3) is 2.35. The molecule has 1 aliphatic rings. The van der Waals surface area contributed by atoms with Crippen molar-refractivity contribution in [1.29, 1.82) is 0 Å². The molecule has 0 N–H and O–H groups in total. The number of aromatic nitrogens is 3. The number of hydrogen-bond acceptors (Lipinski definition) is 2. The van der Waals surface area contributed by atoms with Crippen LogP contribution in [0.1, 0.15) is 36.7 Å². The first-order chi connectivity index (χ1) is 9.28. The van der Waals surface area contributed by atoms with Gasteiger partial charge in [0.1, 0.15) is 0 Å². The van der Waals surface area contributed by atoms with Crippen LogP contribution < -0.4 is 5.36 Å². The molecule has 1 aliphatic carbocycles. The van der Waals surface area contributed by atoms with Gasteiger partial charge in [0, 0.05) is 18.9 Å². The van der Waals surface area contributed by atoms with E-state index < -0.39 is 0 Å². The average Bonchev–Trinajstić information content (AvgIpc) is 2.97. The molecule has 0 spiro atoms. The summed E-state index contributed by atoms with van der Waals surface area (Å²) in [5.41, 5.74) is 3.83. The lowest BCUT2D eigenvalue weighted by molar-refractivity contribution is 0.654. The van der Waals surface area contributed by atoms with Crippen molar-refractivity contribution in [2.45, 2.75) is 46.1 Å². The molecule has 0 atom stereocenters. The van der Waals surface area contributed by atoms with E-state index in [0.29, 0.717) is 0 Å². The zero-order chi connectivity index (χ0) is 13.2. The summed E-state index contributed by atoms with van der Waals surface area (Å²) >= 11 is 0. The van der Waals surface area contributed by atoms with E-state index in [9.17, 15) is 0 Å². The fourth-order valence-electron chi connectivity index (χ4n) is 2.67. The molecule has 100 valence electrons. The normalized spacial score (nSPS) is 13.6. The van der Waals surface area contributed by atoms with E-state index in [2.05, 4.69) is 41.0 Å². The van der Waals surface area contributed by atoms with Crippen LogP contribution in [0.2, 0.25) is 0 Å². The van der Waals surface area contributed by atoms with Gasteiger partial charge in [0.25, 0.3) is 0 Å². The SMILES string of the molecule is CCCn1ccc(=Nn2nc3c(c2C)CCC3)cc1. The maximum absolute atomic E-state index is 4.60. The Hall–Kier alpha value is -1.84. The Morgan fingerprint density at radius 3 is 2.74 bits per heavy atom. The van der Waals surface area contributed by atoms with Gasteiger partial charge in [0.05, 0.1) is 16.7 Å². The number of hydrogen-bond donors (Lipinski definition) is 0. The van der Waals surface area contributed by atoms with Crippen molar-refractivity contribution in [2.24, 2.45) is 5.10 Å². The molecule has 0 unspecified atom stereocenters. The van der Waals surface area contributed by atoms with Gasteiger partial charge in [-0.3, -0.25) is 0 Å². The maximum atomic E-state index is 4.60. The standard InChI is InChI=1S/C15H20N4/c1-3-9-18-10-7-13(8-11-18)16-19-12(2)14-5-4-6-15(14)17-19/h7-8,10-11H,3-6,9H2,1-2H3. The Morgan fingerprint density at radius 2 is 2.05 bits per heavy atom. The summed E-state index contributed by atoms with van der Waals surface area (Å²) in [7, 11) is 0. The van der Waals surface area contributed by atoms with E-state index in [-0.39, 0.29) is 0 Å². The van der Waals surface area contributed by atoms with Crippen molar-refractivity contribution in [3.63, 3.8) is 0 Å². The first-order valence-electron chi connectivity index (χ1n) is 7.06. The minimum atomic E-state index is 0.955. The third-order valence-electron chi connectivity index (χ3n) is 3.71. The van der Waals surface area contributed by atoms with Crippen molar-refractivity contribution in [3.8, 4) is 0 Å². The lowest BCUT2D eigenvalue weighted by Crippen LogP contribution is -2.09. The summed E-state index contributed by atoms with van der Waals surface area (Å²) in [6.07, 6.45) is 8.80. The average molecular weight is 256 g/mol. The van der Waals surface area contributed by atoms with Gasteiger partial charge in [-0.05, 0) is 50.3 Å². The van der Waals surface area contributed by atoms with Gasteiger partial charge in [-0.25, -0.2) is 0 Å². The van der Waals surface area contributed by atoms with E-state index >= 15 is 0 Å². The molecule has 3 rings (SSSR count). The van der Waals surface area contributed by atoms with Crippen molar-refractivity contribution < 1.29 is 0 Å². The lowest BCUT2D eigenvalue weighted by atomic mass is 10.2. The Labute approximate surface area is 113 Å². The monoisotopic (exact) mass is 256 g/mol. The second-order valence-electron chi connectivity index (χ2n) is 5.15. The van der Waals surface area contributed by atoms with Gasteiger partial charge >= 0.3 is 0 Å². The summed E-state index contributed by atoms with van der Waals surface area (Å²) < 4.78 is 2.18. The molecule has 0 radical (unpaired) electrons. The predicted octanol–water partition coefficient (Wildman–Crippen LogP) is 2.26. The highest BCUT2D eigenvalue weighted by molar-refractivity contribution is 5.29. The van der Waals surface area contributed by atoms with Crippen LogP contribution in [0.5, 0.6) is 0 Å². The molecule has 2 heterocycles. The second-order valence-corrected chi connectivity index (χ2v) is 5.15.